The minimum Gasteiger partial charge on any atom is -0.444 e. The molecule has 2 aliphatic rings. The summed E-state index contributed by atoms with van der Waals surface area (Å²) in [7, 11) is 0. The summed E-state index contributed by atoms with van der Waals surface area (Å²) < 4.78 is 5.40. The number of carbonyl (C=O) groups is 1. The summed E-state index contributed by atoms with van der Waals surface area (Å²) >= 11 is 0. The Labute approximate surface area is 129 Å². The second kappa shape index (κ2) is 6.55. The molecule has 2 aliphatic carbocycles. The number of hydrogen-bond donors (Lipinski definition) is 2. The summed E-state index contributed by atoms with van der Waals surface area (Å²) in [6, 6.07) is 0.547. The molecule has 2 N–H and O–H groups in total. The highest BCUT2D eigenvalue weighted by Crippen LogP contribution is 2.33. The van der Waals surface area contributed by atoms with Crippen molar-refractivity contribution in [3.05, 3.63) is 0 Å². The van der Waals surface area contributed by atoms with Crippen LogP contribution in [0.25, 0.3) is 0 Å². The van der Waals surface area contributed by atoms with Crippen molar-refractivity contribution in [2.24, 2.45) is 5.92 Å². The van der Waals surface area contributed by atoms with E-state index in [4.69, 9.17) is 4.74 Å². The van der Waals surface area contributed by atoms with Gasteiger partial charge in [-0.15, -0.1) is 0 Å². The molecule has 0 aromatic rings. The molecule has 0 saturated heterocycles. The molecule has 0 aliphatic heterocycles. The van der Waals surface area contributed by atoms with E-state index in [9.17, 15) is 4.79 Å². The molecule has 1 atom stereocenters. The van der Waals surface area contributed by atoms with Gasteiger partial charge in [-0.25, -0.2) is 4.79 Å². The first kappa shape index (κ1) is 16.6. The monoisotopic (exact) mass is 296 g/mol. The Balaban J connectivity index is 1.79. The Kier molecular flexibility index (Phi) is 5.18. The third-order valence-corrected chi connectivity index (χ3v) is 4.95. The fourth-order valence-electron chi connectivity index (χ4n) is 3.45. The van der Waals surface area contributed by atoms with Crippen LogP contribution >= 0.6 is 0 Å². The van der Waals surface area contributed by atoms with Crippen LogP contribution in [0.1, 0.15) is 72.6 Å². The van der Waals surface area contributed by atoms with Gasteiger partial charge in [0.05, 0.1) is 5.54 Å². The van der Waals surface area contributed by atoms with Crippen molar-refractivity contribution in [1.82, 2.24) is 10.6 Å². The van der Waals surface area contributed by atoms with Crippen LogP contribution in [0.3, 0.4) is 0 Å². The van der Waals surface area contributed by atoms with Crippen LogP contribution in [-0.2, 0) is 4.74 Å². The Morgan fingerprint density at radius 2 is 1.86 bits per heavy atom. The number of rotatable bonds is 5. The molecular weight excluding hydrogens is 264 g/mol. The van der Waals surface area contributed by atoms with Crippen LogP contribution in [0, 0.1) is 5.92 Å². The molecule has 21 heavy (non-hydrogen) atoms. The molecule has 0 radical (unpaired) electrons. The number of amides is 1. The van der Waals surface area contributed by atoms with E-state index in [2.05, 4.69) is 17.6 Å². The average molecular weight is 296 g/mol. The number of hydrogen-bond acceptors (Lipinski definition) is 3. The van der Waals surface area contributed by atoms with E-state index in [1.807, 2.05) is 20.8 Å². The van der Waals surface area contributed by atoms with Gasteiger partial charge in [-0.1, -0.05) is 12.8 Å². The third kappa shape index (κ3) is 4.87. The Bertz CT molecular complexity index is 352. The molecule has 1 unspecified atom stereocenters. The van der Waals surface area contributed by atoms with Crippen molar-refractivity contribution in [2.45, 2.75) is 89.8 Å². The SMILES string of the molecule is CC(NCC1(NC(=O)OC(C)(C)C)CCC1)C1CCCC1. The highest BCUT2D eigenvalue weighted by atomic mass is 16.6. The van der Waals surface area contributed by atoms with Crippen LogP contribution < -0.4 is 10.6 Å². The van der Waals surface area contributed by atoms with Crippen molar-refractivity contribution < 1.29 is 9.53 Å². The van der Waals surface area contributed by atoms with Gasteiger partial charge in [0, 0.05) is 12.6 Å². The maximum atomic E-state index is 12.0. The zero-order valence-electron chi connectivity index (χ0n) is 14.1. The minimum absolute atomic E-state index is 0.0881. The van der Waals surface area contributed by atoms with E-state index in [0.29, 0.717) is 6.04 Å². The number of alkyl carbamates (subject to hydrolysis) is 1. The third-order valence-electron chi connectivity index (χ3n) is 4.95. The molecule has 0 bridgehead atoms. The second-order valence-corrected chi connectivity index (χ2v) is 7.97. The summed E-state index contributed by atoms with van der Waals surface area (Å²) in [5.74, 6) is 0.809. The smallest absolute Gasteiger partial charge is 0.408 e. The summed E-state index contributed by atoms with van der Waals surface area (Å²) in [6.07, 6.45) is 8.46. The number of ether oxygens (including phenoxy) is 1. The number of nitrogens with one attached hydrogen (secondary N) is 2. The lowest BCUT2D eigenvalue weighted by Gasteiger charge is -2.43. The lowest BCUT2D eigenvalue weighted by Crippen LogP contribution is -2.61. The minimum atomic E-state index is -0.431. The zero-order valence-corrected chi connectivity index (χ0v) is 14.1. The highest BCUT2D eigenvalue weighted by Gasteiger charge is 2.40. The lowest BCUT2D eigenvalue weighted by molar-refractivity contribution is 0.0377. The zero-order chi connectivity index (χ0) is 15.5. The summed E-state index contributed by atoms with van der Waals surface area (Å²) in [6.45, 7) is 8.86. The van der Waals surface area contributed by atoms with Gasteiger partial charge in [0.15, 0.2) is 0 Å². The predicted molar refractivity (Wildman–Crippen MR) is 85.4 cm³/mol. The largest absolute Gasteiger partial charge is 0.444 e. The van der Waals surface area contributed by atoms with Gasteiger partial charge in [0.1, 0.15) is 5.60 Å². The van der Waals surface area contributed by atoms with Gasteiger partial charge >= 0.3 is 6.09 Å². The fraction of sp³-hybridized carbons (Fsp3) is 0.941. The predicted octanol–water partition coefficient (Wildman–Crippen LogP) is 3.60. The van der Waals surface area contributed by atoms with Gasteiger partial charge in [-0.3, -0.25) is 0 Å². The van der Waals surface area contributed by atoms with Crippen LogP contribution in [0.2, 0.25) is 0 Å². The molecule has 0 aromatic heterocycles. The summed E-state index contributed by atoms with van der Waals surface area (Å²) in [5, 5.41) is 6.77. The van der Waals surface area contributed by atoms with E-state index in [1.165, 1.54) is 32.1 Å². The quantitative estimate of drug-likeness (QED) is 0.815. The van der Waals surface area contributed by atoms with Gasteiger partial charge in [0.25, 0.3) is 0 Å². The molecule has 1 amide bonds. The Morgan fingerprint density at radius 3 is 2.33 bits per heavy atom. The first-order valence-electron chi connectivity index (χ1n) is 8.54. The van der Waals surface area contributed by atoms with E-state index in [0.717, 1.165) is 25.3 Å². The number of carbonyl (C=O) groups excluding carboxylic acids is 1. The maximum absolute atomic E-state index is 12.0. The molecule has 2 fully saturated rings. The van der Waals surface area contributed by atoms with Gasteiger partial charge in [-0.2, -0.15) is 0 Å². The molecule has 122 valence electrons. The normalized spacial score (nSPS) is 23.4. The van der Waals surface area contributed by atoms with E-state index in [1.54, 1.807) is 0 Å². The molecule has 2 saturated carbocycles. The molecular formula is C17H32N2O2. The molecule has 0 aromatic carbocycles. The van der Waals surface area contributed by atoms with Crippen LogP contribution in [0.15, 0.2) is 0 Å². The molecule has 4 heteroatoms. The van der Waals surface area contributed by atoms with Gasteiger partial charge in [-0.05, 0) is 65.7 Å². The standard InChI is InChI=1S/C17H32N2O2/c1-13(14-8-5-6-9-14)18-12-17(10-7-11-17)19-15(20)21-16(2,3)4/h13-14,18H,5-12H2,1-4H3,(H,19,20). The average Bonchev–Trinajstić information content (AvgIpc) is 2.83. The topological polar surface area (TPSA) is 50.4 Å². The van der Waals surface area contributed by atoms with Crippen molar-refractivity contribution >= 4 is 6.09 Å². The van der Waals surface area contributed by atoms with Crippen molar-refractivity contribution in [1.29, 1.82) is 0 Å². The van der Waals surface area contributed by atoms with Crippen molar-refractivity contribution in [3.63, 3.8) is 0 Å². The van der Waals surface area contributed by atoms with Gasteiger partial charge < -0.3 is 15.4 Å². The van der Waals surface area contributed by atoms with Gasteiger partial charge in [0.2, 0.25) is 0 Å². The van der Waals surface area contributed by atoms with Crippen molar-refractivity contribution in [2.75, 3.05) is 6.54 Å². The fourth-order valence-corrected chi connectivity index (χ4v) is 3.45. The summed E-state index contributed by atoms with van der Waals surface area (Å²) in [5.41, 5.74) is -0.519. The highest BCUT2D eigenvalue weighted by molar-refractivity contribution is 5.69. The maximum Gasteiger partial charge on any atom is 0.408 e. The van der Waals surface area contributed by atoms with Crippen LogP contribution in [0.4, 0.5) is 4.79 Å². The molecule has 4 nitrogen and oxygen atoms in total. The van der Waals surface area contributed by atoms with Crippen LogP contribution in [0.5, 0.6) is 0 Å². The first-order chi connectivity index (χ1) is 9.80. The van der Waals surface area contributed by atoms with Crippen LogP contribution in [-0.4, -0.2) is 29.8 Å². The van der Waals surface area contributed by atoms with Crippen molar-refractivity contribution in [3.8, 4) is 0 Å². The molecule has 2 rings (SSSR count). The van der Waals surface area contributed by atoms with E-state index >= 15 is 0 Å². The second-order valence-electron chi connectivity index (χ2n) is 7.97. The molecule has 0 heterocycles. The van der Waals surface area contributed by atoms with E-state index < -0.39 is 5.60 Å². The Hall–Kier alpha value is -0.770. The first-order valence-corrected chi connectivity index (χ1v) is 8.54. The Morgan fingerprint density at radius 1 is 1.24 bits per heavy atom. The molecule has 0 spiro atoms. The van der Waals surface area contributed by atoms with E-state index in [-0.39, 0.29) is 11.6 Å². The lowest BCUT2D eigenvalue weighted by atomic mass is 9.76. The summed E-state index contributed by atoms with van der Waals surface area (Å²) in [4.78, 5) is 12.0.